The van der Waals surface area contributed by atoms with Crippen LogP contribution in [0.3, 0.4) is 0 Å². The molecule has 2 aromatic carbocycles. The molecule has 0 aliphatic rings. The smallest absolute Gasteiger partial charge is 0.435 e. The summed E-state index contributed by atoms with van der Waals surface area (Å²) in [5.41, 5.74) is 2.99. The second kappa shape index (κ2) is 10.6. The predicted octanol–water partition coefficient (Wildman–Crippen LogP) is 6.74. The number of carbonyl (C=O) groups is 1. The maximum absolute atomic E-state index is 15.1. The maximum Gasteiger partial charge on any atom is 0.573 e. The zero-order chi connectivity index (χ0) is 28.4. The van der Waals surface area contributed by atoms with E-state index in [4.69, 9.17) is 4.74 Å². The Labute approximate surface area is 225 Å². The molecule has 3 aromatic heterocycles. The third-order valence-corrected chi connectivity index (χ3v) is 5.92. The first-order chi connectivity index (χ1) is 19.1. The average molecular weight is 552 g/mol. The standard InChI is InChI=1S/C28H21F4N5O3/c1-3-20-16(2)34-25-13-14-33-37(25)27(20)39-23-12-9-18(15-21(23)29)26(38)36-24-6-4-5-22(35-24)17-7-10-19(11-8-17)40-28(30,31)32/h4-15H,3H2,1-2H3,(H,35,36,38). The highest BCUT2D eigenvalue weighted by atomic mass is 19.4. The molecular formula is C28H21F4N5O3. The van der Waals surface area contributed by atoms with Crippen molar-refractivity contribution in [2.45, 2.75) is 26.6 Å². The molecule has 0 saturated heterocycles. The van der Waals surface area contributed by atoms with E-state index in [-0.39, 0.29) is 22.9 Å². The number of rotatable bonds is 7. The van der Waals surface area contributed by atoms with Crippen LogP contribution in [0, 0.1) is 12.7 Å². The van der Waals surface area contributed by atoms with Crippen LogP contribution in [0.25, 0.3) is 16.9 Å². The van der Waals surface area contributed by atoms with E-state index in [0.717, 1.165) is 29.5 Å². The van der Waals surface area contributed by atoms with Crippen molar-refractivity contribution in [3.05, 3.63) is 95.6 Å². The molecular weight excluding hydrogens is 530 g/mol. The summed E-state index contributed by atoms with van der Waals surface area (Å²) in [6.45, 7) is 3.76. The molecule has 8 nitrogen and oxygen atoms in total. The third-order valence-electron chi connectivity index (χ3n) is 5.92. The van der Waals surface area contributed by atoms with Gasteiger partial charge in [-0.25, -0.2) is 14.4 Å². The molecule has 1 amide bonds. The van der Waals surface area contributed by atoms with Crippen LogP contribution in [0.15, 0.2) is 72.9 Å². The Bertz CT molecular complexity index is 1700. The highest BCUT2D eigenvalue weighted by molar-refractivity contribution is 6.04. The van der Waals surface area contributed by atoms with Crippen LogP contribution < -0.4 is 14.8 Å². The van der Waals surface area contributed by atoms with Crippen LogP contribution in [0.1, 0.15) is 28.5 Å². The first-order valence-corrected chi connectivity index (χ1v) is 12.1. The lowest BCUT2D eigenvalue weighted by atomic mass is 10.1. The number of halogens is 4. The number of benzene rings is 2. The third kappa shape index (κ3) is 5.70. The SMILES string of the molecule is CCc1c(C)nc2ccnn2c1Oc1ccc(C(=O)Nc2cccc(-c3ccc(OC(F)(F)F)cc3)n2)cc1F. The van der Waals surface area contributed by atoms with Crippen molar-refractivity contribution in [3.63, 3.8) is 0 Å². The number of hydrogen-bond donors (Lipinski definition) is 1. The molecule has 0 radical (unpaired) electrons. The van der Waals surface area contributed by atoms with Gasteiger partial charge in [0.15, 0.2) is 17.2 Å². The number of carbonyl (C=O) groups excluding carboxylic acids is 1. The molecule has 12 heteroatoms. The average Bonchev–Trinajstić information content (AvgIpc) is 3.38. The molecule has 40 heavy (non-hydrogen) atoms. The minimum absolute atomic E-state index is 0.0246. The van der Waals surface area contributed by atoms with Gasteiger partial charge in [0.05, 0.1) is 11.9 Å². The normalized spacial score (nSPS) is 11.4. The predicted molar refractivity (Wildman–Crippen MR) is 138 cm³/mol. The van der Waals surface area contributed by atoms with Crippen LogP contribution >= 0.6 is 0 Å². The molecule has 5 rings (SSSR count). The van der Waals surface area contributed by atoms with E-state index in [1.54, 1.807) is 24.4 Å². The van der Waals surface area contributed by atoms with Gasteiger partial charge in [-0.2, -0.15) is 9.61 Å². The van der Waals surface area contributed by atoms with Crippen LogP contribution in [0.4, 0.5) is 23.4 Å². The van der Waals surface area contributed by atoms with Gasteiger partial charge in [-0.05, 0) is 67.9 Å². The van der Waals surface area contributed by atoms with E-state index in [1.807, 2.05) is 13.8 Å². The Balaban J connectivity index is 1.32. The van der Waals surface area contributed by atoms with Crippen LogP contribution in [-0.2, 0) is 6.42 Å². The van der Waals surface area contributed by atoms with Gasteiger partial charge in [0, 0.05) is 28.5 Å². The first kappa shape index (κ1) is 26.6. The second-order valence-electron chi connectivity index (χ2n) is 8.62. The van der Waals surface area contributed by atoms with Crippen LogP contribution in [0.5, 0.6) is 17.4 Å². The van der Waals surface area contributed by atoms with Crippen molar-refractivity contribution in [2.24, 2.45) is 0 Å². The van der Waals surface area contributed by atoms with Crippen molar-refractivity contribution in [2.75, 3.05) is 5.32 Å². The lowest BCUT2D eigenvalue weighted by Gasteiger charge is -2.14. The Morgan fingerprint density at radius 1 is 1.02 bits per heavy atom. The molecule has 0 unspecified atom stereocenters. The van der Waals surface area contributed by atoms with Crippen molar-refractivity contribution in [1.29, 1.82) is 0 Å². The van der Waals surface area contributed by atoms with Gasteiger partial charge in [-0.15, -0.1) is 13.2 Å². The Morgan fingerprint density at radius 3 is 2.50 bits per heavy atom. The topological polar surface area (TPSA) is 90.6 Å². The minimum atomic E-state index is -4.80. The molecule has 1 N–H and O–H groups in total. The van der Waals surface area contributed by atoms with Crippen molar-refractivity contribution >= 4 is 17.4 Å². The van der Waals surface area contributed by atoms with Crippen LogP contribution in [-0.4, -0.2) is 31.9 Å². The number of nitrogens with one attached hydrogen (secondary N) is 1. The molecule has 5 aromatic rings. The molecule has 0 bridgehead atoms. The summed E-state index contributed by atoms with van der Waals surface area (Å²) in [6, 6.07) is 15.5. The summed E-state index contributed by atoms with van der Waals surface area (Å²) in [5, 5.41) is 6.82. The zero-order valence-electron chi connectivity index (χ0n) is 21.2. The number of hydrogen-bond acceptors (Lipinski definition) is 6. The molecule has 0 atom stereocenters. The minimum Gasteiger partial charge on any atom is -0.435 e. The summed E-state index contributed by atoms with van der Waals surface area (Å²) >= 11 is 0. The summed E-state index contributed by atoms with van der Waals surface area (Å²) in [7, 11) is 0. The summed E-state index contributed by atoms with van der Waals surface area (Å²) in [6.07, 6.45) is -2.64. The summed E-state index contributed by atoms with van der Waals surface area (Å²) in [5.74, 6) is -1.33. The lowest BCUT2D eigenvalue weighted by molar-refractivity contribution is -0.274. The van der Waals surface area contributed by atoms with E-state index in [0.29, 0.717) is 29.2 Å². The molecule has 0 aliphatic heterocycles. The fourth-order valence-electron chi connectivity index (χ4n) is 4.08. The zero-order valence-corrected chi connectivity index (χ0v) is 21.2. The van der Waals surface area contributed by atoms with Crippen molar-refractivity contribution < 1.29 is 31.8 Å². The van der Waals surface area contributed by atoms with Gasteiger partial charge in [-0.3, -0.25) is 4.79 Å². The number of amides is 1. The summed E-state index contributed by atoms with van der Waals surface area (Å²) < 4.78 is 63.6. The van der Waals surface area contributed by atoms with E-state index < -0.39 is 18.1 Å². The Kier molecular flexibility index (Phi) is 7.07. The van der Waals surface area contributed by atoms with Gasteiger partial charge in [-0.1, -0.05) is 13.0 Å². The number of nitrogens with zero attached hydrogens (tertiary/aromatic N) is 4. The number of anilines is 1. The van der Waals surface area contributed by atoms with Gasteiger partial charge < -0.3 is 14.8 Å². The fraction of sp³-hybridized carbons (Fsp3) is 0.143. The van der Waals surface area contributed by atoms with Crippen LogP contribution in [0.2, 0.25) is 0 Å². The lowest BCUT2D eigenvalue weighted by Crippen LogP contribution is -2.16. The Hall–Kier alpha value is -5.00. The van der Waals surface area contributed by atoms with E-state index in [9.17, 15) is 18.0 Å². The first-order valence-electron chi connectivity index (χ1n) is 12.1. The van der Waals surface area contributed by atoms with E-state index in [2.05, 4.69) is 25.1 Å². The molecule has 3 heterocycles. The summed E-state index contributed by atoms with van der Waals surface area (Å²) in [4.78, 5) is 21.6. The number of pyridine rings is 1. The molecule has 0 saturated carbocycles. The number of fused-ring (bicyclic) bond motifs is 1. The van der Waals surface area contributed by atoms with Gasteiger partial charge in [0.2, 0.25) is 5.88 Å². The van der Waals surface area contributed by atoms with Gasteiger partial charge in [0.1, 0.15) is 11.6 Å². The second-order valence-corrected chi connectivity index (χ2v) is 8.62. The van der Waals surface area contributed by atoms with Crippen molar-refractivity contribution in [1.82, 2.24) is 19.6 Å². The van der Waals surface area contributed by atoms with E-state index >= 15 is 4.39 Å². The van der Waals surface area contributed by atoms with E-state index in [1.165, 1.54) is 34.8 Å². The van der Waals surface area contributed by atoms with Crippen molar-refractivity contribution in [3.8, 4) is 28.6 Å². The van der Waals surface area contributed by atoms with Gasteiger partial charge in [0.25, 0.3) is 5.91 Å². The molecule has 0 fully saturated rings. The maximum atomic E-state index is 15.1. The largest absolute Gasteiger partial charge is 0.573 e. The number of aryl methyl sites for hydroxylation is 1. The number of alkyl halides is 3. The molecule has 0 spiro atoms. The highest BCUT2D eigenvalue weighted by Gasteiger charge is 2.31. The monoisotopic (exact) mass is 551 g/mol. The van der Waals surface area contributed by atoms with Gasteiger partial charge >= 0.3 is 6.36 Å². The molecule has 0 aliphatic carbocycles. The quantitative estimate of drug-likeness (QED) is 0.225. The fourth-order valence-corrected chi connectivity index (χ4v) is 4.08. The molecule has 204 valence electrons. The highest BCUT2D eigenvalue weighted by Crippen LogP contribution is 2.31. The Morgan fingerprint density at radius 2 is 1.80 bits per heavy atom. The number of aromatic nitrogens is 4. The number of ether oxygens (including phenoxy) is 2.